The van der Waals surface area contributed by atoms with Crippen LogP contribution in [0.1, 0.15) is 21.5 Å². The number of nitrogens with zero attached hydrogens (tertiary/aromatic N) is 1. The number of nitrogens with one attached hydrogen (secondary N) is 1. The highest BCUT2D eigenvalue weighted by Gasteiger charge is 2.05. The molecule has 5 heteroatoms. The van der Waals surface area contributed by atoms with Gasteiger partial charge in [0.25, 0.3) is 5.91 Å². The van der Waals surface area contributed by atoms with Crippen LogP contribution in [0.15, 0.2) is 52.0 Å². The summed E-state index contributed by atoms with van der Waals surface area (Å²) in [5.41, 5.74) is 4.21. The van der Waals surface area contributed by atoms with Gasteiger partial charge in [-0.1, -0.05) is 34.1 Å². The number of phenolic OH excluding ortho intramolecular Hbond substituents is 1. The van der Waals surface area contributed by atoms with Crippen molar-refractivity contribution >= 4 is 28.1 Å². The maximum atomic E-state index is 11.8. The summed E-state index contributed by atoms with van der Waals surface area (Å²) in [7, 11) is 0. The Hall–Kier alpha value is -2.14. The number of aryl methyl sites for hydroxylation is 1. The Morgan fingerprint density at radius 3 is 2.70 bits per heavy atom. The maximum absolute atomic E-state index is 11.8. The topological polar surface area (TPSA) is 61.7 Å². The molecule has 102 valence electrons. The van der Waals surface area contributed by atoms with Crippen LogP contribution < -0.4 is 5.43 Å². The monoisotopic (exact) mass is 332 g/mol. The van der Waals surface area contributed by atoms with Gasteiger partial charge in [0.15, 0.2) is 0 Å². The van der Waals surface area contributed by atoms with Crippen LogP contribution in [0.4, 0.5) is 0 Å². The van der Waals surface area contributed by atoms with Crippen molar-refractivity contribution in [3.8, 4) is 5.75 Å². The average molecular weight is 333 g/mol. The molecule has 0 aliphatic heterocycles. The van der Waals surface area contributed by atoms with Gasteiger partial charge in [-0.2, -0.15) is 5.10 Å². The molecule has 0 bridgehead atoms. The number of halogens is 1. The largest absolute Gasteiger partial charge is 0.507 e. The van der Waals surface area contributed by atoms with Gasteiger partial charge in [0.2, 0.25) is 0 Å². The summed E-state index contributed by atoms with van der Waals surface area (Å²) >= 11 is 3.34. The minimum Gasteiger partial charge on any atom is -0.507 e. The lowest BCUT2D eigenvalue weighted by Gasteiger charge is -2.04. The second-order valence-electron chi connectivity index (χ2n) is 4.23. The van der Waals surface area contributed by atoms with E-state index in [1.54, 1.807) is 43.3 Å². The highest BCUT2D eigenvalue weighted by Crippen LogP contribution is 2.25. The Bertz CT molecular complexity index is 654. The van der Waals surface area contributed by atoms with Crippen LogP contribution in [0, 0.1) is 6.92 Å². The van der Waals surface area contributed by atoms with Crippen LogP contribution in [0.3, 0.4) is 0 Å². The molecule has 1 amide bonds. The molecular formula is C15H13BrN2O2. The van der Waals surface area contributed by atoms with Crippen LogP contribution in [0.25, 0.3) is 0 Å². The molecule has 20 heavy (non-hydrogen) atoms. The van der Waals surface area contributed by atoms with Crippen LogP contribution >= 0.6 is 15.9 Å². The summed E-state index contributed by atoms with van der Waals surface area (Å²) in [5.74, 6) is -0.154. The minimum atomic E-state index is -0.298. The molecule has 0 saturated carbocycles. The van der Waals surface area contributed by atoms with E-state index in [4.69, 9.17) is 0 Å². The zero-order valence-electron chi connectivity index (χ0n) is 10.8. The third-order valence-electron chi connectivity index (χ3n) is 2.70. The van der Waals surface area contributed by atoms with Gasteiger partial charge in [0.05, 0.1) is 6.21 Å². The number of hydrazone groups is 1. The van der Waals surface area contributed by atoms with Crippen molar-refractivity contribution in [1.29, 1.82) is 0 Å². The first-order chi connectivity index (χ1) is 9.58. The summed E-state index contributed by atoms with van der Waals surface area (Å²) in [5, 5.41) is 13.7. The fraction of sp³-hybridized carbons (Fsp3) is 0.0667. The fourth-order valence-corrected chi connectivity index (χ4v) is 2.26. The number of hydrogen-bond acceptors (Lipinski definition) is 3. The Balaban J connectivity index is 2.10. The van der Waals surface area contributed by atoms with E-state index in [-0.39, 0.29) is 11.7 Å². The smallest absolute Gasteiger partial charge is 0.271 e. The van der Waals surface area contributed by atoms with E-state index >= 15 is 0 Å². The number of rotatable bonds is 3. The molecule has 0 fully saturated rings. The highest BCUT2D eigenvalue weighted by atomic mass is 79.9. The van der Waals surface area contributed by atoms with Crippen molar-refractivity contribution in [2.24, 2.45) is 5.10 Å². The van der Waals surface area contributed by atoms with Gasteiger partial charge in [-0.15, -0.1) is 0 Å². The lowest BCUT2D eigenvalue weighted by Crippen LogP contribution is -2.17. The predicted molar refractivity (Wildman–Crippen MR) is 82.0 cm³/mol. The second kappa shape index (κ2) is 6.34. The van der Waals surface area contributed by atoms with E-state index in [0.717, 1.165) is 10.0 Å². The molecule has 0 saturated heterocycles. The Morgan fingerprint density at radius 1 is 1.30 bits per heavy atom. The first-order valence-corrected chi connectivity index (χ1v) is 6.75. The van der Waals surface area contributed by atoms with E-state index < -0.39 is 0 Å². The molecular weight excluding hydrogens is 320 g/mol. The summed E-state index contributed by atoms with van der Waals surface area (Å²) in [6.07, 6.45) is 1.41. The average Bonchev–Trinajstić information content (AvgIpc) is 2.44. The molecule has 2 rings (SSSR count). The number of benzene rings is 2. The van der Waals surface area contributed by atoms with E-state index in [9.17, 15) is 9.90 Å². The van der Waals surface area contributed by atoms with Crippen molar-refractivity contribution in [2.45, 2.75) is 6.92 Å². The number of amides is 1. The Morgan fingerprint density at radius 2 is 2.00 bits per heavy atom. The van der Waals surface area contributed by atoms with Gasteiger partial charge in [-0.05, 0) is 36.8 Å². The lowest BCUT2D eigenvalue weighted by molar-refractivity contribution is 0.0955. The fourth-order valence-electron chi connectivity index (χ4n) is 1.67. The summed E-state index contributed by atoms with van der Waals surface area (Å²) in [6, 6.07) is 12.3. The Kier molecular flexibility index (Phi) is 4.53. The number of aromatic hydroxyl groups is 1. The van der Waals surface area contributed by atoms with Crippen molar-refractivity contribution < 1.29 is 9.90 Å². The van der Waals surface area contributed by atoms with E-state index in [1.165, 1.54) is 6.21 Å². The zero-order valence-corrected chi connectivity index (χ0v) is 12.4. The quantitative estimate of drug-likeness (QED) is 0.669. The maximum Gasteiger partial charge on any atom is 0.271 e. The van der Waals surface area contributed by atoms with Gasteiger partial charge in [-0.25, -0.2) is 5.43 Å². The summed E-state index contributed by atoms with van der Waals surface area (Å²) in [6.45, 7) is 1.79. The first-order valence-electron chi connectivity index (χ1n) is 5.95. The van der Waals surface area contributed by atoms with E-state index in [0.29, 0.717) is 11.1 Å². The minimum absolute atomic E-state index is 0.144. The molecule has 0 aliphatic carbocycles. The number of phenols is 1. The van der Waals surface area contributed by atoms with Gasteiger partial charge >= 0.3 is 0 Å². The molecule has 0 heterocycles. The van der Waals surface area contributed by atoms with Crippen LogP contribution in [-0.2, 0) is 0 Å². The highest BCUT2D eigenvalue weighted by molar-refractivity contribution is 9.10. The molecule has 0 spiro atoms. The van der Waals surface area contributed by atoms with Crippen molar-refractivity contribution in [3.05, 3.63) is 63.6 Å². The standard InChI is InChI=1S/C15H13BrN2O2/c1-10-7-13(16)8-12(14(10)19)9-17-18-15(20)11-5-3-2-4-6-11/h2-9,19H,1H3,(H,18,20)/b17-9+. The molecule has 0 radical (unpaired) electrons. The number of hydrogen-bond donors (Lipinski definition) is 2. The first kappa shape index (κ1) is 14.3. The molecule has 2 aromatic carbocycles. The molecule has 0 atom stereocenters. The molecule has 0 unspecified atom stereocenters. The van der Waals surface area contributed by atoms with Crippen molar-refractivity contribution in [1.82, 2.24) is 5.43 Å². The van der Waals surface area contributed by atoms with Crippen molar-refractivity contribution in [2.75, 3.05) is 0 Å². The van der Waals surface area contributed by atoms with E-state index in [1.807, 2.05) is 6.07 Å². The molecule has 0 aliphatic rings. The Labute approximate surface area is 125 Å². The third kappa shape index (κ3) is 3.45. The lowest BCUT2D eigenvalue weighted by atomic mass is 10.1. The molecule has 4 nitrogen and oxygen atoms in total. The van der Waals surface area contributed by atoms with Crippen LogP contribution in [0.2, 0.25) is 0 Å². The van der Waals surface area contributed by atoms with Crippen molar-refractivity contribution in [3.63, 3.8) is 0 Å². The van der Waals surface area contributed by atoms with E-state index in [2.05, 4.69) is 26.5 Å². The summed E-state index contributed by atoms with van der Waals surface area (Å²) in [4.78, 5) is 11.8. The number of carbonyl (C=O) groups is 1. The van der Waals surface area contributed by atoms with Crippen LogP contribution in [-0.4, -0.2) is 17.2 Å². The van der Waals surface area contributed by atoms with Gasteiger partial charge in [-0.3, -0.25) is 4.79 Å². The second-order valence-corrected chi connectivity index (χ2v) is 5.14. The molecule has 2 aromatic rings. The molecule has 0 aromatic heterocycles. The molecule has 2 N–H and O–H groups in total. The predicted octanol–water partition coefficient (Wildman–Crippen LogP) is 3.23. The van der Waals surface area contributed by atoms with Gasteiger partial charge in [0.1, 0.15) is 5.75 Å². The van der Waals surface area contributed by atoms with Gasteiger partial charge < -0.3 is 5.11 Å². The zero-order chi connectivity index (χ0) is 14.5. The number of carbonyl (C=O) groups excluding carboxylic acids is 1. The third-order valence-corrected chi connectivity index (χ3v) is 3.16. The van der Waals surface area contributed by atoms with Crippen LogP contribution in [0.5, 0.6) is 5.75 Å². The normalized spacial score (nSPS) is 10.7. The summed E-state index contributed by atoms with van der Waals surface area (Å²) < 4.78 is 0.837. The van der Waals surface area contributed by atoms with Gasteiger partial charge in [0, 0.05) is 15.6 Å². The SMILES string of the molecule is Cc1cc(Br)cc(/C=N/NC(=O)c2ccccc2)c1O.